The summed E-state index contributed by atoms with van der Waals surface area (Å²) in [5, 5.41) is 3.52. The summed E-state index contributed by atoms with van der Waals surface area (Å²) in [6.45, 7) is 0. The number of halogens is 2. The second-order valence-corrected chi connectivity index (χ2v) is 6.24. The van der Waals surface area contributed by atoms with E-state index in [0.29, 0.717) is 5.56 Å². The molecule has 1 aromatic heterocycles. The normalized spacial score (nSPS) is 11.5. The van der Waals surface area contributed by atoms with Crippen molar-refractivity contribution in [3.63, 3.8) is 0 Å². The van der Waals surface area contributed by atoms with Gasteiger partial charge in [-0.15, -0.1) is 0 Å². The quantitative estimate of drug-likeness (QED) is 0.440. The second kappa shape index (κ2) is 4.58. The number of aromatic amines is 1. The molecule has 3 aromatic carbocycles. The third kappa shape index (κ3) is 1.88. The summed E-state index contributed by atoms with van der Waals surface area (Å²) < 4.78 is 0.967. The van der Waals surface area contributed by atoms with Crippen molar-refractivity contribution in [3.8, 4) is 0 Å². The molecule has 4 aromatic rings. The first-order valence-corrected chi connectivity index (χ1v) is 7.65. The van der Waals surface area contributed by atoms with Gasteiger partial charge in [0.2, 0.25) is 0 Å². The van der Waals surface area contributed by atoms with Crippen LogP contribution in [0.1, 0.15) is 10.4 Å². The summed E-state index contributed by atoms with van der Waals surface area (Å²) >= 11 is 9.27. The minimum absolute atomic E-state index is 0.436. The van der Waals surface area contributed by atoms with Crippen molar-refractivity contribution < 1.29 is 4.79 Å². The maximum atomic E-state index is 11.8. The van der Waals surface area contributed by atoms with Crippen LogP contribution < -0.4 is 0 Å². The summed E-state index contributed by atoms with van der Waals surface area (Å²) in [7, 11) is 0. The standard InChI is InChI=1S/C17H9BrClNO/c18-9-5-6-10-12(7-9)16-13(8-14(10)17(19)21)11-3-1-2-4-15(11)20-16/h1-8,20H. The zero-order valence-electron chi connectivity index (χ0n) is 10.8. The molecule has 0 unspecified atom stereocenters. The van der Waals surface area contributed by atoms with E-state index in [9.17, 15) is 4.79 Å². The van der Waals surface area contributed by atoms with Crippen LogP contribution in [0.3, 0.4) is 0 Å². The molecule has 0 spiro atoms. The minimum Gasteiger partial charge on any atom is -0.354 e. The maximum Gasteiger partial charge on any atom is 0.253 e. The monoisotopic (exact) mass is 357 g/mol. The first kappa shape index (κ1) is 12.9. The third-order valence-electron chi connectivity index (χ3n) is 3.79. The van der Waals surface area contributed by atoms with Gasteiger partial charge in [0.25, 0.3) is 5.24 Å². The number of hydrogen-bond donors (Lipinski definition) is 1. The lowest BCUT2D eigenvalue weighted by Crippen LogP contribution is -1.91. The number of carbonyl (C=O) groups is 1. The van der Waals surface area contributed by atoms with Crippen molar-refractivity contribution in [3.05, 3.63) is 58.6 Å². The van der Waals surface area contributed by atoms with Gasteiger partial charge in [-0.3, -0.25) is 4.79 Å². The number of para-hydroxylation sites is 1. The summed E-state index contributed by atoms with van der Waals surface area (Å²) in [5.41, 5.74) is 2.61. The Morgan fingerprint density at radius 1 is 0.952 bits per heavy atom. The van der Waals surface area contributed by atoms with Gasteiger partial charge < -0.3 is 4.98 Å². The molecular formula is C17H9BrClNO. The van der Waals surface area contributed by atoms with Crippen LogP contribution in [0.2, 0.25) is 0 Å². The van der Waals surface area contributed by atoms with E-state index >= 15 is 0 Å². The Balaban J connectivity index is 2.32. The van der Waals surface area contributed by atoms with Crippen molar-refractivity contribution in [2.75, 3.05) is 0 Å². The van der Waals surface area contributed by atoms with Gasteiger partial charge in [-0.05, 0) is 41.3 Å². The lowest BCUT2D eigenvalue weighted by molar-refractivity contribution is 0.108. The minimum atomic E-state index is -0.436. The van der Waals surface area contributed by atoms with Gasteiger partial charge in [0.1, 0.15) is 0 Å². The molecule has 0 saturated heterocycles. The molecule has 0 atom stereocenters. The highest BCUT2D eigenvalue weighted by molar-refractivity contribution is 9.10. The molecule has 0 radical (unpaired) electrons. The van der Waals surface area contributed by atoms with E-state index in [4.69, 9.17) is 11.6 Å². The van der Waals surface area contributed by atoms with E-state index in [0.717, 1.165) is 37.1 Å². The molecule has 102 valence electrons. The molecule has 0 aliphatic rings. The van der Waals surface area contributed by atoms with Gasteiger partial charge in [-0.1, -0.05) is 40.2 Å². The van der Waals surface area contributed by atoms with E-state index in [1.54, 1.807) is 0 Å². The Kier molecular flexibility index (Phi) is 2.81. The van der Waals surface area contributed by atoms with E-state index in [-0.39, 0.29) is 0 Å². The van der Waals surface area contributed by atoms with Crippen LogP contribution in [-0.4, -0.2) is 10.2 Å². The summed E-state index contributed by atoms with van der Waals surface area (Å²) in [6, 6.07) is 15.8. The highest BCUT2D eigenvalue weighted by atomic mass is 79.9. The van der Waals surface area contributed by atoms with E-state index in [1.165, 1.54) is 0 Å². The van der Waals surface area contributed by atoms with Crippen LogP contribution in [0.4, 0.5) is 0 Å². The Bertz CT molecular complexity index is 1040. The number of fused-ring (bicyclic) bond motifs is 5. The predicted octanol–water partition coefficient (Wildman–Crippen LogP) is 5.62. The SMILES string of the molecule is O=C(Cl)c1cc2c3ccccc3[nH]c2c2cc(Br)ccc12. The fourth-order valence-corrected chi connectivity index (χ4v) is 3.39. The average Bonchev–Trinajstić information content (AvgIpc) is 2.85. The molecule has 1 heterocycles. The Labute approximate surface area is 133 Å². The molecule has 0 aliphatic heterocycles. The first-order valence-electron chi connectivity index (χ1n) is 6.47. The molecule has 0 amide bonds. The van der Waals surface area contributed by atoms with Crippen molar-refractivity contribution >= 4 is 65.4 Å². The third-order valence-corrected chi connectivity index (χ3v) is 4.48. The summed E-state index contributed by atoms with van der Waals surface area (Å²) in [5.74, 6) is 0. The molecule has 0 saturated carbocycles. The lowest BCUT2D eigenvalue weighted by atomic mass is 10.0. The van der Waals surface area contributed by atoms with Crippen LogP contribution in [0.25, 0.3) is 32.6 Å². The smallest absolute Gasteiger partial charge is 0.253 e. The van der Waals surface area contributed by atoms with E-state index < -0.39 is 5.24 Å². The van der Waals surface area contributed by atoms with Crippen molar-refractivity contribution in [2.24, 2.45) is 0 Å². The van der Waals surface area contributed by atoms with Gasteiger partial charge in [0.15, 0.2) is 0 Å². The summed E-state index contributed by atoms with van der Waals surface area (Å²) in [4.78, 5) is 15.2. The number of nitrogens with one attached hydrogen (secondary N) is 1. The van der Waals surface area contributed by atoms with Gasteiger partial charge in [-0.25, -0.2) is 0 Å². The molecule has 0 bridgehead atoms. The predicted molar refractivity (Wildman–Crippen MR) is 91.2 cm³/mol. The molecule has 2 nitrogen and oxygen atoms in total. The van der Waals surface area contributed by atoms with E-state index in [1.807, 2.05) is 48.5 Å². The lowest BCUT2D eigenvalue weighted by Gasteiger charge is -2.05. The summed E-state index contributed by atoms with van der Waals surface area (Å²) in [6.07, 6.45) is 0. The van der Waals surface area contributed by atoms with Crippen molar-refractivity contribution in [1.29, 1.82) is 0 Å². The number of benzene rings is 3. The maximum absolute atomic E-state index is 11.8. The zero-order chi connectivity index (χ0) is 14.6. The highest BCUT2D eigenvalue weighted by Gasteiger charge is 2.14. The van der Waals surface area contributed by atoms with E-state index in [2.05, 4.69) is 20.9 Å². The zero-order valence-corrected chi connectivity index (χ0v) is 13.1. The molecule has 0 fully saturated rings. The van der Waals surface area contributed by atoms with Crippen LogP contribution in [-0.2, 0) is 0 Å². The van der Waals surface area contributed by atoms with Crippen LogP contribution in [0.5, 0.6) is 0 Å². The van der Waals surface area contributed by atoms with Crippen molar-refractivity contribution in [1.82, 2.24) is 4.98 Å². The van der Waals surface area contributed by atoms with Crippen molar-refractivity contribution in [2.45, 2.75) is 0 Å². The van der Waals surface area contributed by atoms with Crippen LogP contribution >= 0.6 is 27.5 Å². The number of hydrogen-bond acceptors (Lipinski definition) is 1. The molecule has 4 heteroatoms. The van der Waals surface area contributed by atoms with Crippen LogP contribution in [0.15, 0.2) is 53.0 Å². The molecule has 21 heavy (non-hydrogen) atoms. The first-order chi connectivity index (χ1) is 10.1. The fourth-order valence-electron chi connectivity index (χ4n) is 2.87. The topological polar surface area (TPSA) is 32.9 Å². The van der Waals surface area contributed by atoms with Gasteiger partial charge >= 0.3 is 0 Å². The highest BCUT2D eigenvalue weighted by Crippen LogP contribution is 2.35. The molecule has 4 rings (SSSR count). The Morgan fingerprint density at radius 2 is 1.71 bits per heavy atom. The number of carbonyl (C=O) groups excluding carboxylic acids is 1. The number of aromatic nitrogens is 1. The molecule has 0 aliphatic carbocycles. The largest absolute Gasteiger partial charge is 0.354 e. The fraction of sp³-hybridized carbons (Fsp3) is 0. The van der Waals surface area contributed by atoms with Gasteiger partial charge in [0.05, 0.1) is 5.52 Å². The molecular weight excluding hydrogens is 350 g/mol. The number of rotatable bonds is 1. The molecule has 1 N–H and O–H groups in total. The second-order valence-electron chi connectivity index (χ2n) is 4.98. The van der Waals surface area contributed by atoms with Gasteiger partial charge in [0, 0.05) is 31.7 Å². The Hall–Kier alpha value is -1.84. The Morgan fingerprint density at radius 3 is 2.52 bits per heavy atom. The van der Waals surface area contributed by atoms with Gasteiger partial charge in [-0.2, -0.15) is 0 Å². The van der Waals surface area contributed by atoms with Crippen LogP contribution in [0, 0.1) is 0 Å². The number of H-pyrrole nitrogens is 1. The average molecular weight is 359 g/mol.